The number of aromatic nitrogens is 4. The van der Waals surface area contributed by atoms with Gasteiger partial charge in [0.15, 0.2) is 5.16 Å². The van der Waals surface area contributed by atoms with Gasteiger partial charge < -0.3 is 10.3 Å². The summed E-state index contributed by atoms with van der Waals surface area (Å²) in [5.74, 6) is 1.21. The Hall–Kier alpha value is -1.50. The van der Waals surface area contributed by atoms with E-state index in [-0.39, 0.29) is 0 Å². The van der Waals surface area contributed by atoms with Crippen LogP contribution in [0.1, 0.15) is 17.0 Å². The van der Waals surface area contributed by atoms with E-state index in [4.69, 9.17) is 10.3 Å². The predicted molar refractivity (Wildman–Crippen MR) is 61.3 cm³/mol. The minimum Gasteiger partial charge on any atom is -0.368 e. The van der Waals surface area contributed by atoms with Gasteiger partial charge in [-0.25, -0.2) is 0 Å². The normalized spacial score (nSPS) is 10.9. The van der Waals surface area contributed by atoms with Gasteiger partial charge in [0.1, 0.15) is 5.76 Å². The average molecular weight is 239 g/mol. The summed E-state index contributed by atoms with van der Waals surface area (Å²) in [5, 5.41) is 12.5. The van der Waals surface area contributed by atoms with Crippen molar-refractivity contribution in [1.82, 2.24) is 19.9 Å². The van der Waals surface area contributed by atoms with Crippen molar-refractivity contribution in [3.63, 3.8) is 0 Å². The van der Waals surface area contributed by atoms with Crippen LogP contribution in [0.4, 0.5) is 5.95 Å². The van der Waals surface area contributed by atoms with Crippen LogP contribution < -0.4 is 5.73 Å². The quantitative estimate of drug-likeness (QED) is 0.811. The molecule has 0 radical (unpaired) electrons. The molecule has 0 amide bonds. The first-order valence-corrected chi connectivity index (χ1v) is 6.00. The third-order valence-corrected chi connectivity index (χ3v) is 3.09. The summed E-state index contributed by atoms with van der Waals surface area (Å²) < 4.78 is 6.95. The summed E-state index contributed by atoms with van der Waals surface area (Å²) in [5.41, 5.74) is 7.66. The van der Waals surface area contributed by atoms with Gasteiger partial charge in [0.05, 0.1) is 12.2 Å². The van der Waals surface area contributed by atoms with Crippen LogP contribution in [0.2, 0.25) is 0 Å². The Morgan fingerprint density at radius 2 is 2.12 bits per heavy atom. The second kappa shape index (κ2) is 4.17. The highest BCUT2D eigenvalue weighted by Gasteiger charge is 2.14. The standard InChI is InChI=1S/C9H13N5OS/c1-5-7(6(2)15-13-5)4-14-8(10)11-12-9(14)16-3/h4H2,1-3H3,(H2,10,11). The summed E-state index contributed by atoms with van der Waals surface area (Å²) in [6.45, 7) is 4.38. The average Bonchev–Trinajstić information content (AvgIpc) is 2.77. The fraction of sp³-hybridized carbons (Fsp3) is 0.444. The van der Waals surface area contributed by atoms with Gasteiger partial charge in [0, 0.05) is 5.56 Å². The lowest BCUT2D eigenvalue weighted by Gasteiger charge is -2.05. The Bertz CT molecular complexity index is 484. The van der Waals surface area contributed by atoms with Crippen LogP contribution in [0.3, 0.4) is 0 Å². The molecule has 2 aromatic rings. The molecule has 2 aromatic heterocycles. The summed E-state index contributed by atoms with van der Waals surface area (Å²) in [6.07, 6.45) is 1.94. The molecule has 16 heavy (non-hydrogen) atoms. The molecule has 2 N–H and O–H groups in total. The molecule has 0 spiro atoms. The number of anilines is 1. The third kappa shape index (κ3) is 1.78. The van der Waals surface area contributed by atoms with Crippen molar-refractivity contribution < 1.29 is 4.52 Å². The Morgan fingerprint density at radius 1 is 1.38 bits per heavy atom. The molecule has 0 atom stereocenters. The van der Waals surface area contributed by atoms with E-state index < -0.39 is 0 Å². The Morgan fingerprint density at radius 3 is 2.69 bits per heavy atom. The summed E-state index contributed by atoms with van der Waals surface area (Å²) >= 11 is 1.51. The van der Waals surface area contributed by atoms with E-state index in [9.17, 15) is 0 Å². The lowest BCUT2D eigenvalue weighted by Crippen LogP contribution is -2.07. The largest absolute Gasteiger partial charge is 0.368 e. The van der Waals surface area contributed by atoms with Gasteiger partial charge in [-0.3, -0.25) is 4.57 Å². The predicted octanol–water partition coefficient (Wildman–Crippen LogP) is 1.24. The highest BCUT2D eigenvalue weighted by molar-refractivity contribution is 7.98. The first kappa shape index (κ1) is 11.0. The zero-order valence-electron chi connectivity index (χ0n) is 9.39. The molecule has 0 aliphatic heterocycles. The molecule has 6 nitrogen and oxygen atoms in total. The Labute approximate surface area is 97.2 Å². The van der Waals surface area contributed by atoms with Crippen LogP contribution in [-0.4, -0.2) is 26.2 Å². The van der Waals surface area contributed by atoms with Gasteiger partial charge in [-0.15, -0.1) is 10.2 Å². The number of hydrogen-bond acceptors (Lipinski definition) is 6. The highest BCUT2D eigenvalue weighted by Crippen LogP contribution is 2.20. The fourth-order valence-corrected chi connectivity index (χ4v) is 1.99. The monoisotopic (exact) mass is 239 g/mol. The van der Waals surface area contributed by atoms with E-state index in [0.717, 1.165) is 22.2 Å². The number of rotatable bonds is 3. The maximum absolute atomic E-state index is 5.76. The van der Waals surface area contributed by atoms with Crippen molar-refractivity contribution in [3.8, 4) is 0 Å². The zero-order valence-corrected chi connectivity index (χ0v) is 10.2. The van der Waals surface area contributed by atoms with Gasteiger partial charge in [-0.05, 0) is 20.1 Å². The molecule has 0 saturated carbocycles. The Kier molecular flexibility index (Phi) is 2.86. The number of nitrogen functional groups attached to an aromatic ring is 1. The van der Waals surface area contributed by atoms with Gasteiger partial charge >= 0.3 is 0 Å². The van der Waals surface area contributed by atoms with Crippen molar-refractivity contribution in [2.75, 3.05) is 12.0 Å². The lowest BCUT2D eigenvalue weighted by molar-refractivity contribution is 0.392. The van der Waals surface area contributed by atoms with Gasteiger partial charge in [0.25, 0.3) is 0 Å². The second-order valence-electron chi connectivity index (χ2n) is 3.43. The summed E-state index contributed by atoms with van der Waals surface area (Å²) in [4.78, 5) is 0. The molecule has 0 saturated heterocycles. The molecule has 0 bridgehead atoms. The molecule has 0 aliphatic rings. The minimum absolute atomic E-state index is 0.407. The maximum atomic E-state index is 5.76. The number of nitrogens with two attached hydrogens (primary N) is 1. The molecule has 2 rings (SSSR count). The smallest absolute Gasteiger partial charge is 0.223 e. The topological polar surface area (TPSA) is 82.8 Å². The first-order chi connectivity index (χ1) is 7.63. The van der Waals surface area contributed by atoms with Crippen molar-refractivity contribution in [2.45, 2.75) is 25.5 Å². The molecule has 0 unspecified atom stereocenters. The van der Waals surface area contributed by atoms with E-state index in [1.165, 1.54) is 11.8 Å². The number of nitrogens with zero attached hydrogens (tertiary/aromatic N) is 4. The van der Waals surface area contributed by atoms with Crippen molar-refractivity contribution in [1.29, 1.82) is 0 Å². The molecule has 0 aliphatic carbocycles. The van der Waals surface area contributed by atoms with Crippen molar-refractivity contribution in [3.05, 3.63) is 17.0 Å². The van der Waals surface area contributed by atoms with Crippen LogP contribution in [-0.2, 0) is 6.54 Å². The number of aryl methyl sites for hydroxylation is 2. The van der Waals surface area contributed by atoms with Crippen LogP contribution in [0.15, 0.2) is 9.68 Å². The number of thioether (sulfide) groups is 1. The zero-order chi connectivity index (χ0) is 11.7. The fourth-order valence-electron chi connectivity index (χ4n) is 1.49. The lowest BCUT2D eigenvalue weighted by atomic mass is 10.2. The van der Waals surface area contributed by atoms with E-state index >= 15 is 0 Å². The second-order valence-corrected chi connectivity index (χ2v) is 4.21. The first-order valence-electron chi connectivity index (χ1n) is 4.78. The SMILES string of the molecule is CSc1nnc(N)n1Cc1c(C)noc1C. The summed E-state index contributed by atoms with van der Waals surface area (Å²) in [6, 6.07) is 0. The van der Waals surface area contributed by atoms with Gasteiger partial charge in [-0.1, -0.05) is 16.9 Å². The van der Waals surface area contributed by atoms with Crippen molar-refractivity contribution >= 4 is 17.7 Å². The highest BCUT2D eigenvalue weighted by atomic mass is 32.2. The van der Waals surface area contributed by atoms with Crippen LogP contribution in [0.5, 0.6) is 0 Å². The molecule has 7 heteroatoms. The number of hydrogen-bond donors (Lipinski definition) is 1. The Balaban J connectivity index is 2.37. The van der Waals surface area contributed by atoms with Gasteiger partial charge in [0.2, 0.25) is 5.95 Å². The van der Waals surface area contributed by atoms with Crippen molar-refractivity contribution in [2.24, 2.45) is 0 Å². The molecule has 2 heterocycles. The molecular formula is C9H13N5OS. The van der Waals surface area contributed by atoms with Crippen LogP contribution in [0.25, 0.3) is 0 Å². The minimum atomic E-state index is 0.407. The van der Waals surface area contributed by atoms with Crippen LogP contribution in [0, 0.1) is 13.8 Å². The van der Waals surface area contributed by atoms with E-state index in [1.807, 2.05) is 24.7 Å². The molecule has 0 aromatic carbocycles. The van der Waals surface area contributed by atoms with Crippen LogP contribution >= 0.6 is 11.8 Å². The molecule has 86 valence electrons. The third-order valence-electron chi connectivity index (χ3n) is 2.43. The molecular weight excluding hydrogens is 226 g/mol. The summed E-state index contributed by atoms with van der Waals surface area (Å²) in [7, 11) is 0. The van der Waals surface area contributed by atoms with E-state index in [0.29, 0.717) is 12.5 Å². The van der Waals surface area contributed by atoms with E-state index in [2.05, 4.69) is 15.4 Å². The molecule has 0 fully saturated rings. The van der Waals surface area contributed by atoms with E-state index in [1.54, 1.807) is 0 Å². The van der Waals surface area contributed by atoms with Gasteiger partial charge in [-0.2, -0.15) is 0 Å². The maximum Gasteiger partial charge on any atom is 0.223 e.